The van der Waals surface area contributed by atoms with Crippen LogP contribution in [0.3, 0.4) is 0 Å². The minimum absolute atomic E-state index is 0.0629. The maximum absolute atomic E-state index is 12.1. The van der Waals surface area contributed by atoms with E-state index in [1.54, 1.807) is 7.11 Å². The predicted octanol–water partition coefficient (Wildman–Crippen LogP) is 3.19. The van der Waals surface area contributed by atoms with Gasteiger partial charge in [0.25, 0.3) is 0 Å². The number of hydrogen-bond donors (Lipinski definition) is 1. The van der Waals surface area contributed by atoms with Crippen LogP contribution in [-0.2, 0) is 14.3 Å². The number of halogens is 1. The molecule has 3 rings (SSSR count). The number of fused-ring (bicyclic) bond motifs is 1. The molecule has 1 N–H and O–H groups in total. The number of nitrogens with one attached hydrogen (secondary N) is 1. The van der Waals surface area contributed by atoms with Gasteiger partial charge in [-0.05, 0) is 37.1 Å². The first kappa shape index (κ1) is 17.3. The first-order valence-electron chi connectivity index (χ1n) is 8.30. The van der Waals surface area contributed by atoms with Crippen molar-refractivity contribution >= 4 is 28.4 Å². The van der Waals surface area contributed by atoms with E-state index < -0.39 is 0 Å². The number of carbonyl (C=O) groups is 1. The number of likely N-dealkylation sites (tertiary alicyclic amines) is 1. The summed E-state index contributed by atoms with van der Waals surface area (Å²) in [5.41, 5.74) is 2.34. The zero-order chi connectivity index (χ0) is 16.9. The van der Waals surface area contributed by atoms with Gasteiger partial charge < -0.3 is 19.4 Å². The lowest BCUT2D eigenvalue weighted by Gasteiger charge is -2.31. The lowest BCUT2D eigenvalue weighted by molar-refractivity contribution is -0.137. The molecule has 1 fully saturated rings. The summed E-state index contributed by atoms with van der Waals surface area (Å²) in [7, 11) is 1.62. The molecule has 1 aromatic carbocycles. The fraction of sp³-hybridized carbons (Fsp3) is 0.500. The van der Waals surface area contributed by atoms with Gasteiger partial charge in [-0.3, -0.25) is 4.79 Å². The Labute approximate surface area is 146 Å². The molecule has 0 bridgehead atoms. The third-order valence-corrected chi connectivity index (χ3v) is 4.78. The first-order chi connectivity index (χ1) is 11.7. The Bertz CT molecular complexity index is 693. The number of H-pyrrole nitrogens is 1. The molecule has 5 nitrogen and oxygen atoms in total. The summed E-state index contributed by atoms with van der Waals surface area (Å²) in [5.74, 6) is 0.516. The zero-order valence-corrected chi connectivity index (χ0v) is 14.6. The molecule has 0 unspecified atom stereocenters. The Morgan fingerprint density at radius 2 is 2.08 bits per heavy atom. The molecule has 2 aromatic rings. The number of piperidine rings is 1. The van der Waals surface area contributed by atoms with Crippen molar-refractivity contribution in [3.8, 4) is 0 Å². The summed E-state index contributed by atoms with van der Waals surface area (Å²) >= 11 is 6.05. The normalized spacial score (nSPS) is 16.0. The van der Waals surface area contributed by atoms with E-state index >= 15 is 0 Å². The molecular formula is C18H23ClN2O3. The lowest BCUT2D eigenvalue weighted by Crippen LogP contribution is -2.40. The van der Waals surface area contributed by atoms with Crippen LogP contribution in [-0.4, -0.2) is 55.8 Å². The van der Waals surface area contributed by atoms with Gasteiger partial charge in [0.2, 0.25) is 5.91 Å². The smallest absolute Gasteiger partial charge is 0.248 e. The molecule has 130 valence electrons. The highest BCUT2D eigenvalue weighted by atomic mass is 35.5. The summed E-state index contributed by atoms with van der Waals surface area (Å²) < 4.78 is 10.2. The Hall–Kier alpha value is -1.56. The van der Waals surface area contributed by atoms with E-state index in [1.807, 2.05) is 23.1 Å². The molecule has 1 aliphatic heterocycles. The highest BCUT2D eigenvalue weighted by Gasteiger charge is 2.24. The van der Waals surface area contributed by atoms with Crippen molar-refractivity contribution in [3.05, 3.63) is 35.0 Å². The molecular weight excluding hydrogens is 328 g/mol. The predicted molar refractivity (Wildman–Crippen MR) is 94.6 cm³/mol. The number of hydrogen-bond acceptors (Lipinski definition) is 3. The highest BCUT2D eigenvalue weighted by Crippen LogP contribution is 2.30. The van der Waals surface area contributed by atoms with Crippen LogP contribution in [0.25, 0.3) is 10.9 Å². The highest BCUT2D eigenvalue weighted by molar-refractivity contribution is 6.31. The minimum Gasteiger partial charge on any atom is -0.382 e. The molecule has 0 atom stereocenters. The van der Waals surface area contributed by atoms with Crippen LogP contribution in [0.1, 0.15) is 24.5 Å². The van der Waals surface area contributed by atoms with E-state index in [0.717, 1.165) is 41.9 Å². The Balaban J connectivity index is 1.53. The molecule has 0 aliphatic carbocycles. The summed E-state index contributed by atoms with van der Waals surface area (Å²) in [6, 6.07) is 8.07. The molecule has 0 spiro atoms. The van der Waals surface area contributed by atoms with Gasteiger partial charge in [-0.2, -0.15) is 0 Å². The number of nitrogens with zero attached hydrogens (tertiary/aromatic N) is 1. The van der Waals surface area contributed by atoms with Crippen molar-refractivity contribution in [2.45, 2.75) is 18.8 Å². The first-order valence-corrected chi connectivity index (χ1v) is 8.68. The summed E-state index contributed by atoms with van der Waals surface area (Å²) in [4.78, 5) is 17.5. The standard InChI is InChI=1S/C18H23ClN2O3/c1-23-8-9-24-12-18(22)21-6-4-13(5-7-21)17-11-14-10-15(19)2-3-16(14)20-17/h2-3,10-11,13,20H,4-9,12H2,1H3. The van der Waals surface area contributed by atoms with Crippen molar-refractivity contribution in [2.75, 3.05) is 40.0 Å². The second kappa shape index (κ2) is 8.01. The molecule has 24 heavy (non-hydrogen) atoms. The molecule has 1 amide bonds. The molecule has 0 radical (unpaired) electrons. The van der Waals surface area contributed by atoms with E-state index in [2.05, 4.69) is 11.1 Å². The van der Waals surface area contributed by atoms with Crippen LogP contribution in [0.5, 0.6) is 0 Å². The number of carbonyl (C=O) groups excluding carboxylic acids is 1. The van der Waals surface area contributed by atoms with Crippen molar-refractivity contribution in [1.29, 1.82) is 0 Å². The van der Waals surface area contributed by atoms with Crippen LogP contribution in [0.4, 0.5) is 0 Å². The average molecular weight is 351 g/mol. The van der Waals surface area contributed by atoms with E-state index in [1.165, 1.54) is 5.69 Å². The number of rotatable bonds is 6. The van der Waals surface area contributed by atoms with Crippen LogP contribution in [0, 0.1) is 0 Å². The Morgan fingerprint density at radius 1 is 1.29 bits per heavy atom. The van der Waals surface area contributed by atoms with Gasteiger partial charge in [0.05, 0.1) is 13.2 Å². The Morgan fingerprint density at radius 3 is 2.83 bits per heavy atom. The topological polar surface area (TPSA) is 54.6 Å². The van der Waals surface area contributed by atoms with Crippen LogP contribution >= 0.6 is 11.6 Å². The quantitative estimate of drug-likeness (QED) is 0.814. The number of amides is 1. The van der Waals surface area contributed by atoms with Crippen LogP contribution < -0.4 is 0 Å². The molecule has 1 saturated heterocycles. The van der Waals surface area contributed by atoms with Crippen molar-refractivity contribution in [3.63, 3.8) is 0 Å². The summed E-state index contributed by atoms with van der Waals surface area (Å²) in [6.07, 6.45) is 1.93. The number of aromatic amines is 1. The van der Waals surface area contributed by atoms with Crippen LogP contribution in [0.15, 0.2) is 24.3 Å². The largest absolute Gasteiger partial charge is 0.382 e. The monoisotopic (exact) mass is 350 g/mol. The number of ether oxygens (including phenoxy) is 2. The van der Waals surface area contributed by atoms with Crippen molar-refractivity contribution in [2.24, 2.45) is 0 Å². The molecule has 1 aliphatic rings. The fourth-order valence-electron chi connectivity index (χ4n) is 3.18. The lowest BCUT2D eigenvalue weighted by atomic mass is 9.93. The molecule has 0 saturated carbocycles. The SMILES string of the molecule is COCCOCC(=O)N1CCC(c2cc3cc(Cl)ccc3[nH]2)CC1. The van der Waals surface area contributed by atoms with Gasteiger partial charge in [-0.15, -0.1) is 0 Å². The zero-order valence-electron chi connectivity index (χ0n) is 13.9. The van der Waals surface area contributed by atoms with Gasteiger partial charge >= 0.3 is 0 Å². The van der Waals surface area contributed by atoms with E-state index in [-0.39, 0.29) is 12.5 Å². The fourth-order valence-corrected chi connectivity index (χ4v) is 3.36. The molecule has 1 aromatic heterocycles. The summed E-state index contributed by atoms with van der Waals surface area (Å²) in [6.45, 7) is 2.65. The molecule has 2 heterocycles. The average Bonchev–Trinajstić information content (AvgIpc) is 3.02. The van der Waals surface area contributed by atoms with Crippen LogP contribution in [0.2, 0.25) is 5.02 Å². The number of benzene rings is 1. The van der Waals surface area contributed by atoms with Gasteiger partial charge in [-0.1, -0.05) is 11.6 Å². The van der Waals surface area contributed by atoms with Gasteiger partial charge in [0.15, 0.2) is 0 Å². The maximum atomic E-state index is 12.1. The second-order valence-electron chi connectivity index (χ2n) is 6.16. The maximum Gasteiger partial charge on any atom is 0.248 e. The van der Waals surface area contributed by atoms with E-state index in [9.17, 15) is 4.79 Å². The Kier molecular flexibility index (Phi) is 5.76. The minimum atomic E-state index is 0.0629. The summed E-state index contributed by atoms with van der Waals surface area (Å²) in [5, 5.41) is 1.89. The van der Waals surface area contributed by atoms with E-state index in [0.29, 0.717) is 19.1 Å². The van der Waals surface area contributed by atoms with E-state index in [4.69, 9.17) is 21.1 Å². The molecule has 6 heteroatoms. The van der Waals surface area contributed by atoms with Gasteiger partial charge in [0, 0.05) is 47.7 Å². The third-order valence-electron chi connectivity index (χ3n) is 4.55. The van der Waals surface area contributed by atoms with Gasteiger partial charge in [0.1, 0.15) is 6.61 Å². The number of aromatic nitrogens is 1. The van der Waals surface area contributed by atoms with Crippen molar-refractivity contribution < 1.29 is 14.3 Å². The van der Waals surface area contributed by atoms with Crippen molar-refractivity contribution in [1.82, 2.24) is 9.88 Å². The second-order valence-corrected chi connectivity index (χ2v) is 6.59. The van der Waals surface area contributed by atoms with Gasteiger partial charge in [-0.25, -0.2) is 0 Å². The third kappa shape index (κ3) is 4.09. The number of methoxy groups -OCH3 is 1.